The topological polar surface area (TPSA) is 40.0 Å². The lowest BCUT2D eigenvalue weighted by Crippen LogP contribution is -2.29. The molecule has 1 aromatic rings. The van der Waals surface area contributed by atoms with Crippen LogP contribution in [-0.4, -0.2) is 31.6 Å². The molecule has 0 N–H and O–H groups in total. The van der Waals surface area contributed by atoms with Crippen LogP contribution >= 0.6 is 11.6 Å². The van der Waals surface area contributed by atoms with Gasteiger partial charge in [-0.25, -0.2) is 0 Å². The minimum absolute atomic E-state index is 0.133. The summed E-state index contributed by atoms with van der Waals surface area (Å²) in [6.07, 6.45) is 0.426. The van der Waals surface area contributed by atoms with E-state index in [1.807, 2.05) is 31.2 Å². The molecule has 0 radical (unpaired) electrons. The largest absolute Gasteiger partial charge is 0.497 e. The van der Waals surface area contributed by atoms with Gasteiger partial charge in [-0.1, -0.05) is 17.3 Å². The Kier molecular flexibility index (Phi) is 5.05. The van der Waals surface area contributed by atoms with Crippen LogP contribution in [0.15, 0.2) is 29.4 Å². The molecule has 2 atom stereocenters. The summed E-state index contributed by atoms with van der Waals surface area (Å²) in [5.74, 6) is 1.32. The van der Waals surface area contributed by atoms with Gasteiger partial charge in [0.1, 0.15) is 5.75 Å². The number of nitrogens with zero attached hydrogens (tertiary/aromatic N) is 1. The minimum Gasteiger partial charge on any atom is -0.497 e. The van der Waals surface area contributed by atoms with Crippen molar-refractivity contribution in [1.82, 2.24) is 0 Å². The molecule has 104 valence electrons. The molecule has 2 rings (SSSR count). The van der Waals surface area contributed by atoms with Crippen molar-refractivity contribution < 1.29 is 14.3 Å². The second kappa shape index (κ2) is 6.78. The van der Waals surface area contributed by atoms with Gasteiger partial charge in [0.15, 0.2) is 0 Å². The average Bonchev–Trinajstić information content (AvgIpc) is 2.47. The fourth-order valence-corrected chi connectivity index (χ4v) is 2.36. The quantitative estimate of drug-likeness (QED) is 0.779. The molecular formula is C14H18ClNO3. The molecule has 0 saturated carbocycles. The normalized spacial score (nSPS) is 22.6. The molecule has 1 aliphatic rings. The van der Waals surface area contributed by atoms with Crippen molar-refractivity contribution in [2.45, 2.75) is 25.6 Å². The predicted octanol–water partition coefficient (Wildman–Crippen LogP) is 3.16. The SMILES string of the molecule is CCO[C@H]1C[C@@H](c2ccc(OC)cc2)C(CCl)=NO1. The van der Waals surface area contributed by atoms with Crippen LogP contribution in [0, 0.1) is 0 Å². The molecule has 0 spiro atoms. The van der Waals surface area contributed by atoms with Crippen molar-refractivity contribution in [3.63, 3.8) is 0 Å². The Morgan fingerprint density at radius 1 is 1.37 bits per heavy atom. The lowest BCUT2D eigenvalue weighted by molar-refractivity contribution is -0.149. The molecule has 5 heteroatoms. The fourth-order valence-electron chi connectivity index (χ4n) is 2.13. The van der Waals surface area contributed by atoms with Crippen molar-refractivity contribution in [1.29, 1.82) is 0 Å². The van der Waals surface area contributed by atoms with Crippen LogP contribution in [0.5, 0.6) is 5.75 Å². The average molecular weight is 284 g/mol. The van der Waals surface area contributed by atoms with E-state index in [9.17, 15) is 0 Å². The zero-order chi connectivity index (χ0) is 13.7. The first kappa shape index (κ1) is 14.2. The van der Waals surface area contributed by atoms with Gasteiger partial charge >= 0.3 is 0 Å². The third kappa shape index (κ3) is 3.39. The van der Waals surface area contributed by atoms with Crippen LogP contribution in [0.4, 0.5) is 0 Å². The van der Waals surface area contributed by atoms with Gasteiger partial charge in [-0.3, -0.25) is 0 Å². The molecule has 4 nitrogen and oxygen atoms in total. The molecule has 0 unspecified atom stereocenters. The summed E-state index contributed by atoms with van der Waals surface area (Å²) in [4.78, 5) is 5.28. The standard InChI is InChI=1S/C14H18ClNO3/c1-3-18-14-8-12(13(9-15)16-19-14)10-4-6-11(17-2)7-5-10/h4-7,12,14H,3,8-9H2,1-2H3/t12-,14+/m0/s1. The molecule has 0 saturated heterocycles. The van der Waals surface area contributed by atoms with Crippen molar-refractivity contribution in [3.8, 4) is 5.75 Å². The van der Waals surface area contributed by atoms with Crippen molar-refractivity contribution >= 4 is 17.3 Å². The first-order valence-electron chi connectivity index (χ1n) is 6.32. The van der Waals surface area contributed by atoms with Gasteiger partial charge in [-0.15, -0.1) is 11.6 Å². The number of alkyl halides is 1. The summed E-state index contributed by atoms with van der Waals surface area (Å²) in [6, 6.07) is 7.93. The highest BCUT2D eigenvalue weighted by molar-refractivity contribution is 6.29. The molecule has 1 heterocycles. The fraction of sp³-hybridized carbons (Fsp3) is 0.500. The summed E-state index contributed by atoms with van der Waals surface area (Å²) < 4.78 is 10.6. The van der Waals surface area contributed by atoms with Crippen LogP contribution in [-0.2, 0) is 9.57 Å². The molecule has 0 fully saturated rings. The van der Waals surface area contributed by atoms with Gasteiger partial charge < -0.3 is 14.3 Å². The van der Waals surface area contributed by atoms with E-state index in [-0.39, 0.29) is 12.2 Å². The number of hydrogen-bond acceptors (Lipinski definition) is 4. The molecule has 1 aromatic carbocycles. The van der Waals surface area contributed by atoms with Crippen molar-refractivity contribution in [2.75, 3.05) is 19.6 Å². The summed E-state index contributed by atoms with van der Waals surface area (Å²) >= 11 is 5.93. The number of halogens is 1. The number of methoxy groups -OCH3 is 1. The first-order valence-corrected chi connectivity index (χ1v) is 6.86. The highest BCUT2D eigenvalue weighted by Gasteiger charge is 2.28. The Labute approximate surface area is 118 Å². The second-order valence-corrected chi connectivity index (χ2v) is 4.54. The molecule has 1 aliphatic heterocycles. The number of hydrogen-bond donors (Lipinski definition) is 0. The maximum absolute atomic E-state index is 5.93. The summed E-state index contributed by atoms with van der Waals surface area (Å²) in [6.45, 7) is 2.54. The van der Waals surface area contributed by atoms with E-state index in [0.717, 1.165) is 23.4 Å². The molecule has 0 amide bonds. The predicted molar refractivity (Wildman–Crippen MR) is 75.0 cm³/mol. The van der Waals surface area contributed by atoms with Gasteiger partial charge in [0, 0.05) is 18.9 Å². The van der Waals surface area contributed by atoms with Gasteiger partial charge in [0.05, 0.1) is 18.7 Å². The summed E-state index contributed by atoms with van der Waals surface area (Å²) in [7, 11) is 1.65. The maximum atomic E-state index is 5.93. The molecule has 0 bridgehead atoms. The molecule has 0 aliphatic carbocycles. The number of rotatable bonds is 5. The third-order valence-corrected chi connectivity index (χ3v) is 3.40. The number of ether oxygens (including phenoxy) is 2. The van der Waals surface area contributed by atoms with E-state index in [4.69, 9.17) is 25.9 Å². The van der Waals surface area contributed by atoms with Gasteiger partial charge in [0.25, 0.3) is 0 Å². The van der Waals surface area contributed by atoms with E-state index in [2.05, 4.69) is 5.16 Å². The minimum atomic E-state index is -0.302. The van der Waals surface area contributed by atoms with E-state index in [1.165, 1.54) is 0 Å². The first-order chi connectivity index (χ1) is 9.28. The number of benzene rings is 1. The van der Waals surface area contributed by atoms with Crippen LogP contribution in [0.25, 0.3) is 0 Å². The molecule has 19 heavy (non-hydrogen) atoms. The zero-order valence-electron chi connectivity index (χ0n) is 11.1. The van der Waals surface area contributed by atoms with Crippen molar-refractivity contribution in [2.24, 2.45) is 5.16 Å². The van der Waals surface area contributed by atoms with Crippen LogP contribution in [0.3, 0.4) is 0 Å². The highest BCUT2D eigenvalue weighted by atomic mass is 35.5. The van der Waals surface area contributed by atoms with Crippen LogP contribution < -0.4 is 4.74 Å². The van der Waals surface area contributed by atoms with Crippen LogP contribution in [0.1, 0.15) is 24.8 Å². The number of oxime groups is 1. The maximum Gasteiger partial charge on any atom is 0.227 e. The Hall–Kier alpha value is -1.26. The summed E-state index contributed by atoms with van der Waals surface area (Å²) in [5.41, 5.74) is 1.98. The Balaban J connectivity index is 2.18. The van der Waals surface area contributed by atoms with Crippen molar-refractivity contribution in [3.05, 3.63) is 29.8 Å². The Morgan fingerprint density at radius 2 is 2.11 bits per heavy atom. The van der Waals surface area contributed by atoms with Gasteiger partial charge in [-0.05, 0) is 24.6 Å². The van der Waals surface area contributed by atoms with Crippen LogP contribution in [0.2, 0.25) is 0 Å². The van der Waals surface area contributed by atoms with E-state index in [1.54, 1.807) is 7.11 Å². The smallest absolute Gasteiger partial charge is 0.227 e. The summed E-state index contributed by atoms with van der Waals surface area (Å²) in [5, 5.41) is 4.08. The van der Waals surface area contributed by atoms with Gasteiger partial charge in [0.2, 0.25) is 6.29 Å². The monoisotopic (exact) mass is 283 g/mol. The lowest BCUT2D eigenvalue weighted by atomic mass is 9.90. The highest BCUT2D eigenvalue weighted by Crippen LogP contribution is 2.30. The van der Waals surface area contributed by atoms with E-state index < -0.39 is 0 Å². The third-order valence-electron chi connectivity index (χ3n) is 3.13. The lowest BCUT2D eigenvalue weighted by Gasteiger charge is -2.27. The van der Waals surface area contributed by atoms with E-state index >= 15 is 0 Å². The Morgan fingerprint density at radius 3 is 2.68 bits per heavy atom. The molecular weight excluding hydrogens is 266 g/mol. The van der Waals surface area contributed by atoms with E-state index in [0.29, 0.717) is 12.5 Å². The molecule has 0 aromatic heterocycles. The Bertz CT molecular complexity index is 433. The second-order valence-electron chi connectivity index (χ2n) is 4.27. The zero-order valence-corrected chi connectivity index (χ0v) is 11.9. The van der Waals surface area contributed by atoms with Gasteiger partial charge in [-0.2, -0.15) is 0 Å².